The van der Waals surface area contributed by atoms with Crippen LogP contribution in [0.25, 0.3) is 5.57 Å². The largest absolute Gasteiger partial charge is 0.291 e. The van der Waals surface area contributed by atoms with Crippen LogP contribution in [0.2, 0.25) is 0 Å². The smallest absolute Gasteiger partial charge is 0.280 e. The van der Waals surface area contributed by atoms with Gasteiger partial charge in [0.25, 0.3) is 10.2 Å². The van der Waals surface area contributed by atoms with Crippen LogP contribution in [0.4, 0.5) is 4.39 Å². The van der Waals surface area contributed by atoms with Gasteiger partial charge in [-0.1, -0.05) is 43.8 Å². The molecule has 2 rings (SSSR count). The van der Waals surface area contributed by atoms with Crippen LogP contribution in [-0.2, 0) is 10.2 Å². The number of thiocarbonyl (C=S) groups is 1. The Morgan fingerprint density at radius 2 is 2.08 bits per heavy atom. The normalized spacial score (nSPS) is 17.0. The fourth-order valence-electron chi connectivity index (χ4n) is 2.66. The summed E-state index contributed by atoms with van der Waals surface area (Å²) in [5.74, 6) is -0.302. The topological polar surface area (TPSA) is 81.7 Å². The zero-order valence-electron chi connectivity index (χ0n) is 13.9. The fraction of sp³-hybridized carbons (Fsp3) is 0.438. The van der Waals surface area contributed by atoms with Crippen LogP contribution in [0.3, 0.4) is 0 Å². The lowest BCUT2D eigenvalue weighted by Gasteiger charge is -2.28. The average Bonchev–Trinajstić information content (AvgIpc) is 2.61. The van der Waals surface area contributed by atoms with Crippen LogP contribution in [-0.4, -0.2) is 42.1 Å². The molecule has 0 aliphatic carbocycles. The standard InChI is InChI=1S/C16H22FN3O3S2/c1-2-3-15(16(24)18-21)19-25(22,23)20-10-8-13(9-11-20)12-4-6-14(17)7-5-12/h4-8,15,19,21H,2-3,9-11H2,1H3,(H,18,24)/t15-/m1/s1. The van der Waals surface area contributed by atoms with E-state index in [9.17, 15) is 12.8 Å². The van der Waals surface area contributed by atoms with E-state index >= 15 is 0 Å². The molecule has 0 radical (unpaired) electrons. The van der Waals surface area contributed by atoms with Crippen LogP contribution in [0, 0.1) is 5.82 Å². The lowest BCUT2D eigenvalue weighted by molar-refractivity contribution is 0.232. The van der Waals surface area contributed by atoms with Gasteiger partial charge < -0.3 is 0 Å². The van der Waals surface area contributed by atoms with Gasteiger partial charge in [0.15, 0.2) is 0 Å². The molecule has 138 valence electrons. The first-order valence-corrected chi connectivity index (χ1v) is 9.88. The van der Waals surface area contributed by atoms with Crippen molar-refractivity contribution in [3.63, 3.8) is 0 Å². The van der Waals surface area contributed by atoms with Gasteiger partial charge in [0.2, 0.25) is 0 Å². The molecule has 0 amide bonds. The highest BCUT2D eigenvalue weighted by Gasteiger charge is 2.28. The second kappa shape index (κ2) is 8.81. The zero-order chi connectivity index (χ0) is 18.4. The van der Waals surface area contributed by atoms with Gasteiger partial charge >= 0.3 is 0 Å². The van der Waals surface area contributed by atoms with E-state index < -0.39 is 16.3 Å². The molecule has 1 heterocycles. The maximum Gasteiger partial charge on any atom is 0.280 e. The molecule has 1 aliphatic rings. The van der Waals surface area contributed by atoms with E-state index in [2.05, 4.69) is 4.72 Å². The zero-order valence-corrected chi connectivity index (χ0v) is 15.5. The Kier molecular flexibility index (Phi) is 7.03. The van der Waals surface area contributed by atoms with Gasteiger partial charge in [0.1, 0.15) is 10.8 Å². The SMILES string of the molecule is CCC[C@@H](NS(=O)(=O)N1CC=C(c2ccc(F)cc2)CC1)C(=S)NO. The maximum absolute atomic E-state index is 13.0. The molecule has 1 aromatic carbocycles. The quantitative estimate of drug-likeness (QED) is 0.494. The highest BCUT2D eigenvalue weighted by molar-refractivity contribution is 7.87. The second-order valence-corrected chi connectivity index (χ2v) is 7.93. The Hall–Kier alpha value is -1.39. The highest BCUT2D eigenvalue weighted by Crippen LogP contribution is 2.23. The summed E-state index contributed by atoms with van der Waals surface area (Å²) in [6, 6.07) is 5.49. The van der Waals surface area contributed by atoms with E-state index in [4.69, 9.17) is 17.4 Å². The number of halogens is 1. The predicted molar refractivity (Wildman–Crippen MR) is 98.8 cm³/mol. The lowest BCUT2D eigenvalue weighted by atomic mass is 10.0. The summed E-state index contributed by atoms with van der Waals surface area (Å²) >= 11 is 4.96. The summed E-state index contributed by atoms with van der Waals surface area (Å²) in [5.41, 5.74) is 3.73. The number of hydrogen-bond acceptors (Lipinski definition) is 4. The average molecular weight is 388 g/mol. The van der Waals surface area contributed by atoms with Gasteiger partial charge in [-0.2, -0.15) is 17.4 Å². The van der Waals surface area contributed by atoms with E-state index in [0.29, 0.717) is 25.8 Å². The summed E-state index contributed by atoms with van der Waals surface area (Å²) in [7, 11) is -3.73. The number of rotatable bonds is 7. The van der Waals surface area contributed by atoms with Crippen molar-refractivity contribution < 1.29 is 18.0 Å². The van der Waals surface area contributed by atoms with Crippen LogP contribution < -0.4 is 10.2 Å². The molecule has 1 aliphatic heterocycles. The summed E-state index contributed by atoms with van der Waals surface area (Å²) in [6.45, 7) is 2.44. The molecular weight excluding hydrogens is 365 g/mol. The molecule has 0 fully saturated rings. The molecule has 0 bridgehead atoms. The third-order valence-electron chi connectivity index (χ3n) is 4.02. The van der Waals surface area contributed by atoms with E-state index in [1.807, 2.05) is 18.5 Å². The van der Waals surface area contributed by atoms with Crippen molar-refractivity contribution in [3.8, 4) is 0 Å². The Morgan fingerprint density at radius 3 is 2.60 bits per heavy atom. The van der Waals surface area contributed by atoms with Gasteiger partial charge in [-0.25, -0.2) is 4.39 Å². The molecule has 6 nitrogen and oxygen atoms in total. The van der Waals surface area contributed by atoms with Crippen molar-refractivity contribution in [2.45, 2.75) is 32.2 Å². The molecule has 0 saturated carbocycles. The summed E-state index contributed by atoms with van der Waals surface area (Å²) < 4.78 is 41.9. The number of hydroxylamine groups is 1. The summed E-state index contributed by atoms with van der Waals surface area (Å²) in [4.78, 5) is 0.0463. The minimum atomic E-state index is -3.73. The van der Waals surface area contributed by atoms with Gasteiger partial charge in [-0.15, -0.1) is 0 Å². The highest BCUT2D eigenvalue weighted by atomic mass is 32.2. The van der Waals surface area contributed by atoms with Crippen LogP contribution in [0.5, 0.6) is 0 Å². The molecule has 1 atom stereocenters. The first-order chi connectivity index (χ1) is 11.9. The number of hydrogen-bond donors (Lipinski definition) is 3. The molecule has 0 spiro atoms. The van der Waals surface area contributed by atoms with E-state index in [1.165, 1.54) is 16.4 Å². The molecule has 3 N–H and O–H groups in total. The second-order valence-electron chi connectivity index (χ2n) is 5.78. The number of nitrogens with zero attached hydrogens (tertiary/aromatic N) is 1. The first-order valence-electron chi connectivity index (χ1n) is 8.03. The Bertz CT molecular complexity index is 735. The predicted octanol–water partition coefficient (Wildman–Crippen LogP) is 2.22. The van der Waals surface area contributed by atoms with Crippen molar-refractivity contribution in [2.24, 2.45) is 0 Å². The van der Waals surface area contributed by atoms with Crippen molar-refractivity contribution in [1.29, 1.82) is 0 Å². The maximum atomic E-state index is 13.0. The van der Waals surface area contributed by atoms with E-state index in [0.717, 1.165) is 11.1 Å². The van der Waals surface area contributed by atoms with Gasteiger partial charge in [-0.3, -0.25) is 10.7 Å². The molecule has 25 heavy (non-hydrogen) atoms. The van der Waals surface area contributed by atoms with Crippen LogP contribution in [0.1, 0.15) is 31.7 Å². The summed E-state index contributed by atoms with van der Waals surface area (Å²) in [5, 5.41) is 8.94. The lowest BCUT2D eigenvalue weighted by Crippen LogP contribution is -2.51. The minimum Gasteiger partial charge on any atom is -0.291 e. The van der Waals surface area contributed by atoms with Gasteiger partial charge in [-0.05, 0) is 36.1 Å². The molecule has 0 unspecified atom stereocenters. The third kappa shape index (κ3) is 5.29. The Morgan fingerprint density at radius 1 is 1.40 bits per heavy atom. The third-order valence-corrected chi connectivity index (χ3v) is 5.99. The van der Waals surface area contributed by atoms with Crippen LogP contribution >= 0.6 is 12.2 Å². The van der Waals surface area contributed by atoms with E-state index in [-0.39, 0.29) is 17.4 Å². The van der Waals surface area contributed by atoms with E-state index in [1.54, 1.807) is 12.1 Å². The molecule has 0 saturated heterocycles. The summed E-state index contributed by atoms with van der Waals surface area (Å²) in [6.07, 6.45) is 3.56. The van der Waals surface area contributed by atoms with Crippen molar-refractivity contribution in [3.05, 3.63) is 41.7 Å². The number of benzene rings is 1. The molecule has 9 heteroatoms. The molecular formula is C16H22FN3O3S2. The molecule has 1 aromatic rings. The monoisotopic (exact) mass is 387 g/mol. The Balaban J connectivity index is 2.06. The first kappa shape index (κ1) is 19.9. The van der Waals surface area contributed by atoms with Crippen molar-refractivity contribution in [2.75, 3.05) is 13.1 Å². The minimum absolute atomic E-state index is 0.0463. The number of nitrogens with one attached hydrogen (secondary N) is 2. The van der Waals surface area contributed by atoms with Crippen molar-refractivity contribution in [1.82, 2.24) is 14.5 Å². The Labute approximate surface area is 152 Å². The van der Waals surface area contributed by atoms with Crippen LogP contribution in [0.15, 0.2) is 30.3 Å². The van der Waals surface area contributed by atoms with Crippen molar-refractivity contribution >= 4 is 33.0 Å². The molecule has 0 aromatic heterocycles. The van der Waals surface area contributed by atoms with Gasteiger partial charge in [0.05, 0.1) is 6.04 Å². The van der Waals surface area contributed by atoms with Gasteiger partial charge in [0, 0.05) is 13.1 Å². The fourth-order valence-corrected chi connectivity index (χ4v) is 4.26.